The lowest BCUT2D eigenvalue weighted by Crippen LogP contribution is -2.24. The van der Waals surface area contributed by atoms with E-state index in [-0.39, 0.29) is 0 Å². The van der Waals surface area contributed by atoms with Gasteiger partial charge >= 0.3 is 0 Å². The number of hydrogen-bond donors (Lipinski definition) is 1. The predicted octanol–water partition coefficient (Wildman–Crippen LogP) is 5.00. The number of imidazole rings is 1. The minimum atomic E-state index is 0.565. The third-order valence-corrected chi connectivity index (χ3v) is 4.68. The molecule has 1 N–H and O–H groups in total. The minimum absolute atomic E-state index is 0.565. The Morgan fingerprint density at radius 3 is 2.67 bits per heavy atom. The summed E-state index contributed by atoms with van der Waals surface area (Å²) in [4.78, 5) is 4.68. The Labute approximate surface area is 134 Å². The standard InChI is InChI=1S/C17H22BrN3/c1-12-10-14(18)8-9-16(12)21-11-13(2)19-17(21)20-15-6-4-3-5-7-15/h8-11,15H,3-7H2,1-2H3,(H,19,20). The van der Waals surface area contributed by atoms with Crippen molar-refractivity contribution in [2.75, 3.05) is 5.32 Å². The molecule has 112 valence electrons. The summed E-state index contributed by atoms with van der Waals surface area (Å²) in [6.45, 7) is 4.19. The van der Waals surface area contributed by atoms with Crippen LogP contribution in [0.15, 0.2) is 28.9 Å². The molecule has 1 aliphatic carbocycles. The number of nitrogens with zero attached hydrogens (tertiary/aromatic N) is 2. The van der Waals surface area contributed by atoms with E-state index in [0.717, 1.165) is 16.1 Å². The maximum Gasteiger partial charge on any atom is 0.207 e. The van der Waals surface area contributed by atoms with Crippen molar-refractivity contribution in [3.63, 3.8) is 0 Å². The van der Waals surface area contributed by atoms with Gasteiger partial charge in [-0.3, -0.25) is 4.57 Å². The van der Waals surface area contributed by atoms with Crippen molar-refractivity contribution in [2.24, 2.45) is 0 Å². The molecule has 1 heterocycles. The van der Waals surface area contributed by atoms with Crippen molar-refractivity contribution < 1.29 is 0 Å². The van der Waals surface area contributed by atoms with Gasteiger partial charge in [0.05, 0.1) is 11.4 Å². The number of rotatable bonds is 3. The second-order valence-electron chi connectivity index (χ2n) is 5.99. The number of nitrogens with one attached hydrogen (secondary N) is 1. The van der Waals surface area contributed by atoms with E-state index in [1.807, 2.05) is 0 Å². The molecule has 0 spiro atoms. The van der Waals surface area contributed by atoms with Crippen LogP contribution in [0.3, 0.4) is 0 Å². The summed E-state index contributed by atoms with van der Waals surface area (Å²) in [5.41, 5.74) is 3.49. The molecule has 1 saturated carbocycles. The van der Waals surface area contributed by atoms with Gasteiger partial charge in [0.2, 0.25) is 5.95 Å². The first-order valence-corrected chi connectivity index (χ1v) is 8.52. The quantitative estimate of drug-likeness (QED) is 0.846. The van der Waals surface area contributed by atoms with Crippen molar-refractivity contribution in [1.29, 1.82) is 0 Å². The molecular weight excluding hydrogens is 326 g/mol. The van der Waals surface area contributed by atoms with E-state index in [0.29, 0.717) is 6.04 Å². The van der Waals surface area contributed by atoms with Crippen LogP contribution in [0.4, 0.5) is 5.95 Å². The molecule has 1 aromatic heterocycles. The zero-order valence-corrected chi connectivity index (χ0v) is 14.3. The number of halogens is 1. The van der Waals surface area contributed by atoms with E-state index in [9.17, 15) is 0 Å². The first-order valence-electron chi connectivity index (χ1n) is 7.72. The topological polar surface area (TPSA) is 29.9 Å². The van der Waals surface area contributed by atoms with Gasteiger partial charge in [0.15, 0.2) is 0 Å². The van der Waals surface area contributed by atoms with Crippen LogP contribution in [0.1, 0.15) is 43.4 Å². The zero-order valence-electron chi connectivity index (χ0n) is 12.7. The van der Waals surface area contributed by atoms with Crippen molar-refractivity contribution in [3.05, 3.63) is 40.1 Å². The van der Waals surface area contributed by atoms with Gasteiger partial charge in [-0.15, -0.1) is 0 Å². The van der Waals surface area contributed by atoms with E-state index < -0.39 is 0 Å². The third-order valence-electron chi connectivity index (χ3n) is 4.18. The first-order chi connectivity index (χ1) is 10.1. The van der Waals surface area contributed by atoms with Crippen LogP contribution in [-0.4, -0.2) is 15.6 Å². The van der Waals surface area contributed by atoms with E-state index >= 15 is 0 Å². The predicted molar refractivity (Wildman–Crippen MR) is 91.2 cm³/mol. The lowest BCUT2D eigenvalue weighted by Gasteiger charge is -2.24. The SMILES string of the molecule is Cc1cn(-c2ccc(Br)cc2C)c(NC2CCCCC2)n1. The second kappa shape index (κ2) is 6.22. The normalized spacial score (nSPS) is 16.1. The number of anilines is 1. The van der Waals surface area contributed by atoms with Crippen LogP contribution in [-0.2, 0) is 0 Å². The van der Waals surface area contributed by atoms with Crippen LogP contribution in [0.25, 0.3) is 5.69 Å². The highest BCUT2D eigenvalue weighted by Crippen LogP contribution is 2.26. The van der Waals surface area contributed by atoms with E-state index in [2.05, 4.69) is 69.0 Å². The van der Waals surface area contributed by atoms with Gasteiger partial charge in [0.25, 0.3) is 0 Å². The fraction of sp³-hybridized carbons (Fsp3) is 0.471. The van der Waals surface area contributed by atoms with Crippen molar-refractivity contribution in [3.8, 4) is 5.69 Å². The highest BCUT2D eigenvalue weighted by molar-refractivity contribution is 9.10. The van der Waals surface area contributed by atoms with Crippen molar-refractivity contribution in [2.45, 2.75) is 52.0 Å². The molecule has 0 bridgehead atoms. The maximum atomic E-state index is 4.68. The Hall–Kier alpha value is -1.29. The molecule has 0 amide bonds. The smallest absolute Gasteiger partial charge is 0.207 e. The van der Waals surface area contributed by atoms with Crippen LogP contribution >= 0.6 is 15.9 Å². The molecule has 1 fully saturated rings. The number of aromatic nitrogens is 2. The zero-order chi connectivity index (χ0) is 14.8. The molecular formula is C17H22BrN3. The fourth-order valence-corrected chi connectivity index (χ4v) is 3.58. The van der Waals surface area contributed by atoms with Crippen molar-refractivity contribution >= 4 is 21.9 Å². The Kier molecular flexibility index (Phi) is 4.34. The summed E-state index contributed by atoms with van der Waals surface area (Å²) in [5.74, 6) is 0.977. The van der Waals surface area contributed by atoms with Crippen LogP contribution in [0.5, 0.6) is 0 Å². The molecule has 2 aromatic rings. The van der Waals surface area contributed by atoms with Gasteiger partial charge in [-0.2, -0.15) is 0 Å². The van der Waals surface area contributed by atoms with Gasteiger partial charge in [0, 0.05) is 16.7 Å². The highest BCUT2D eigenvalue weighted by Gasteiger charge is 2.17. The van der Waals surface area contributed by atoms with Crippen LogP contribution in [0.2, 0.25) is 0 Å². The number of hydrogen-bond acceptors (Lipinski definition) is 2. The van der Waals surface area contributed by atoms with Gasteiger partial charge < -0.3 is 5.32 Å². The molecule has 0 aliphatic heterocycles. The van der Waals surface area contributed by atoms with Gasteiger partial charge in [-0.05, 0) is 50.5 Å². The first kappa shape index (κ1) is 14.6. The Morgan fingerprint density at radius 2 is 1.95 bits per heavy atom. The molecule has 0 atom stereocenters. The molecule has 1 aromatic carbocycles. The van der Waals surface area contributed by atoms with Crippen molar-refractivity contribution in [1.82, 2.24) is 9.55 Å². The Bertz CT molecular complexity index is 627. The van der Waals surface area contributed by atoms with Gasteiger partial charge in [-0.1, -0.05) is 35.2 Å². The summed E-state index contributed by atoms with van der Waals surface area (Å²) in [5, 5.41) is 3.65. The van der Waals surface area contributed by atoms with Crippen LogP contribution < -0.4 is 5.32 Å². The molecule has 3 rings (SSSR count). The minimum Gasteiger partial charge on any atom is -0.353 e. The van der Waals surface area contributed by atoms with E-state index in [1.54, 1.807) is 0 Å². The number of benzene rings is 1. The molecule has 0 radical (unpaired) electrons. The number of aryl methyl sites for hydroxylation is 2. The van der Waals surface area contributed by atoms with Gasteiger partial charge in [-0.25, -0.2) is 4.98 Å². The summed E-state index contributed by atoms with van der Waals surface area (Å²) < 4.78 is 3.30. The Morgan fingerprint density at radius 1 is 1.19 bits per heavy atom. The van der Waals surface area contributed by atoms with E-state index in [4.69, 9.17) is 0 Å². The van der Waals surface area contributed by atoms with Gasteiger partial charge in [0.1, 0.15) is 0 Å². The molecule has 0 unspecified atom stereocenters. The summed E-state index contributed by atoms with van der Waals surface area (Å²) >= 11 is 3.53. The average Bonchev–Trinajstić information content (AvgIpc) is 2.80. The summed E-state index contributed by atoms with van der Waals surface area (Å²) in [6.07, 6.45) is 8.65. The summed E-state index contributed by atoms with van der Waals surface area (Å²) in [6, 6.07) is 6.94. The Balaban J connectivity index is 1.91. The summed E-state index contributed by atoms with van der Waals surface area (Å²) in [7, 11) is 0. The molecule has 0 saturated heterocycles. The monoisotopic (exact) mass is 347 g/mol. The third kappa shape index (κ3) is 3.31. The fourth-order valence-electron chi connectivity index (χ4n) is 3.10. The molecule has 4 heteroatoms. The van der Waals surface area contributed by atoms with E-state index in [1.165, 1.54) is 43.4 Å². The lowest BCUT2D eigenvalue weighted by atomic mass is 9.96. The maximum absolute atomic E-state index is 4.68. The lowest BCUT2D eigenvalue weighted by molar-refractivity contribution is 0.460. The second-order valence-corrected chi connectivity index (χ2v) is 6.90. The van der Waals surface area contributed by atoms with Crippen LogP contribution in [0, 0.1) is 13.8 Å². The molecule has 1 aliphatic rings. The average molecular weight is 348 g/mol. The molecule has 21 heavy (non-hydrogen) atoms. The highest BCUT2D eigenvalue weighted by atomic mass is 79.9. The largest absolute Gasteiger partial charge is 0.353 e. The molecule has 3 nitrogen and oxygen atoms in total.